The molecule has 0 amide bonds. The van der Waals surface area contributed by atoms with Gasteiger partial charge < -0.3 is 9.84 Å². The van der Waals surface area contributed by atoms with Gasteiger partial charge in [-0.05, 0) is 42.0 Å². The van der Waals surface area contributed by atoms with Gasteiger partial charge in [0.25, 0.3) is 0 Å². The first-order valence-corrected chi connectivity index (χ1v) is 12.3. The molecule has 1 fully saturated rings. The molecular weight excluding hydrogens is 400 g/mol. The molecule has 4 rings (SSSR count). The van der Waals surface area contributed by atoms with Crippen LogP contribution in [0.2, 0.25) is 0 Å². The lowest BCUT2D eigenvalue weighted by Gasteiger charge is -2.32. The van der Waals surface area contributed by atoms with E-state index in [1.165, 1.54) is 0 Å². The van der Waals surface area contributed by atoms with Gasteiger partial charge in [0, 0.05) is 25.0 Å². The second-order valence-electron chi connectivity index (χ2n) is 8.11. The van der Waals surface area contributed by atoms with E-state index in [2.05, 4.69) is 35.1 Å². The zero-order valence-corrected chi connectivity index (χ0v) is 18.1. The lowest BCUT2D eigenvalue weighted by Crippen LogP contribution is -2.49. The van der Waals surface area contributed by atoms with E-state index >= 15 is 0 Å². The second kappa shape index (κ2) is 9.16. The molecule has 0 radical (unpaired) electrons. The van der Waals surface area contributed by atoms with Crippen molar-refractivity contribution in [3.05, 3.63) is 59.7 Å². The van der Waals surface area contributed by atoms with Crippen LogP contribution >= 0.6 is 0 Å². The van der Waals surface area contributed by atoms with E-state index in [0.29, 0.717) is 39.0 Å². The summed E-state index contributed by atoms with van der Waals surface area (Å²) in [5, 5.41) is 10.8. The first-order valence-electron chi connectivity index (χ1n) is 10.7. The lowest BCUT2D eigenvalue weighted by atomic mass is 9.95. The first kappa shape index (κ1) is 21.5. The van der Waals surface area contributed by atoms with E-state index in [0.717, 1.165) is 22.3 Å². The summed E-state index contributed by atoms with van der Waals surface area (Å²) in [4.78, 5) is 2.03. The fourth-order valence-corrected chi connectivity index (χ4v) is 5.43. The van der Waals surface area contributed by atoms with Crippen molar-refractivity contribution < 1.29 is 18.3 Å². The molecule has 7 heteroatoms. The van der Waals surface area contributed by atoms with Gasteiger partial charge in [0.1, 0.15) is 6.23 Å². The van der Waals surface area contributed by atoms with Crippen molar-refractivity contribution in [1.29, 1.82) is 0 Å². The molecule has 2 aromatic rings. The molecule has 3 unspecified atom stereocenters. The minimum atomic E-state index is -3.32. The summed E-state index contributed by atoms with van der Waals surface area (Å²) < 4.78 is 33.2. The SMILES string of the molecule is CCS(=O)(=O)NC1CCN2C(O)CCOCc3ccccc3-c3cccc(c3)CC12. The molecule has 0 aromatic heterocycles. The van der Waals surface area contributed by atoms with Crippen molar-refractivity contribution >= 4 is 10.0 Å². The summed E-state index contributed by atoms with van der Waals surface area (Å²) in [6.07, 6.45) is 1.18. The highest BCUT2D eigenvalue weighted by atomic mass is 32.2. The third-order valence-electron chi connectivity index (χ3n) is 6.16. The number of nitrogens with one attached hydrogen (secondary N) is 1. The quantitative estimate of drug-likeness (QED) is 0.782. The molecule has 2 aliphatic heterocycles. The fraction of sp³-hybridized carbons (Fsp3) is 0.478. The number of benzene rings is 2. The number of nitrogens with zero attached hydrogens (tertiary/aromatic N) is 1. The summed E-state index contributed by atoms with van der Waals surface area (Å²) in [6, 6.07) is 16.3. The van der Waals surface area contributed by atoms with E-state index in [4.69, 9.17) is 4.74 Å². The van der Waals surface area contributed by atoms with Gasteiger partial charge >= 0.3 is 0 Å². The monoisotopic (exact) mass is 430 g/mol. The Morgan fingerprint density at radius 3 is 2.83 bits per heavy atom. The van der Waals surface area contributed by atoms with Crippen LogP contribution in [0.1, 0.15) is 30.9 Å². The van der Waals surface area contributed by atoms with E-state index in [1.807, 2.05) is 23.1 Å². The molecule has 162 valence electrons. The smallest absolute Gasteiger partial charge is 0.211 e. The van der Waals surface area contributed by atoms with Crippen molar-refractivity contribution in [3.8, 4) is 11.1 Å². The first-order chi connectivity index (χ1) is 14.5. The van der Waals surface area contributed by atoms with Crippen LogP contribution in [0.25, 0.3) is 11.1 Å². The highest BCUT2D eigenvalue weighted by molar-refractivity contribution is 7.89. The average molecular weight is 431 g/mol. The molecule has 2 aliphatic rings. The topological polar surface area (TPSA) is 78.9 Å². The largest absolute Gasteiger partial charge is 0.378 e. The number of fused-ring (bicyclic) bond motifs is 5. The highest BCUT2D eigenvalue weighted by Gasteiger charge is 2.39. The number of rotatable bonds is 3. The van der Waals surface area contributed by atoms with Crippen LogP contribution < -0.4 is 4.72 Å². The van der Waals surface area contributed by atoms with E-state index in [-0.39, 0.29) is 17.8 Å². The summed E-state index contributed by atoms with van der Waals surface area (Å²) in [5.74, 6) is 0.0544. The van der Waals surface area contributed by atoms with Crippen LogP contribution in [0.4, 0.5) is 0 Å². The van der Waals surface area contributed by atoms with Crippen molar-refractivity contribution in [2.24, 2.45) is 0 Å². The Kier molecular flexibility index (Phi) is 6.55. The van der Waals surface area contributed by atoms with Crippen molar-refractivity contribution in [2.75, 3.05) is 18.9 Å². The second-order valence-corrected chi connectivity index (χ2v) is 10.1. The van der Waals surface area contributed by atoms with Crippen LogP contribution in [0.5, 0.6) is 0 Å². The van der Waals surface area contributed by atoms with Gasteiger partial charge in [-0.25, -0.2) is 13.1 Å². The minimum Gasteiger partial charge on any atom is -0.378 e. The van der Waals surface area contributed by atoms with Gasteiger partial charge in [0.2, 0.25) is 10.0 Å². The van der Waals surface area contributed by atoms with Crippen LogP contribution in [0.15, 0.2) is 48.5 Å². The van der Waals surface area contributed by atoms with Gasteiger partial charge in [0.05, 0.1) is 19.0 Å². The number of aliphatic hydroxyl groups excluding tert-OH is 1. The molecule has 30 heavy (non-hydrogen) atoms. The third-order valence-corrected chi connectivity index (χ3v) is 7.58. The van der Waals surface area contributed by atoms with E-state index < -0.39 is 16.3 Å². The Morgan fingerprint density at radius 1 is 1.17 bits per heavy atom. The fourth-order valence-electron chi connectivity index (χ4n) is 4.53. The molecule has 0 aliphatic carbocycles. The predicted octanol–water partition coefficient (Wildman–Crippen LogP) is 2.52. The van der Waals surface area contributed by atoms with Crippen LogP contribution in [-0.4, -0.2) is 55.6 Å². The Labute approximate surface area is 178 Å². The Bertz CT molecular complexity index is 979. The van der Waals surface area contributed by atoms with Gasteiger partial charge in [0.15, 0.2) is 0 Å². The van der Waals surface area contributed by atoms with E-state index in [9.17, 15) is 13.5 Å². The van der Waals surface area contributed by atoms with Crippen LogP contribution in [-0.2, 0) is 27.8 Å². The summed E-state index contributed by atoms with van der Waals surface area (Å²) >= 11 is 0. The Balaban J connectivity index is 1.69. The predicted molar refractivity (Wildman–Crippen MR) is 117 cm³/mol. The summed E-state index contributed by atoms with van der Waals surface area (Å²) in [7, 11) is -3.32. The molecule has 2 bridgehead atoms. The molecule has 2 heterocycles. The summed E-state index contributed by atoms with van der Waals surface area (Å²) in [6.45, 7) is 3.24. The minimum absolute atomic E-state index is 0.0544. The molecule has 2 aromatic carbocycles. The number of ether oxygens (including phenoxy) is 1. The normalized spacial score (nSPS) is 25.5. The zero-order valence-electron chi connectivity index (χ0n) is 17.3. The molecular formula is C23H30N2O4S. The Hall–Kier alpha value is -1.77. The molecule has 0 spiro atoms. The molecule has 3 atom stereocenters. The molecule has 6 nitrogen and oxygen atoms in total. The number of hydrogen-bond acceptors (Lipinski definition) is 5. The maximum Gasteiger partial charge on any atom is 0.211 e. The Morgan fingerprint density at radius 2 is 2.00 bits per heavy atom. The molecule has 0 saturated carbocycles. The van der Waals surface area contributed by atoms with Gasteiger partial charge in [-0.15, -0.1) is 0 Å². The summed E-state index contributed by atoms with van der Waals surface area (Å²) in [5.41, 5.74) is 4.53. The van der Waals surface area contributed by atoms with Crippen LogP contribution in [0, 0.1) is 0 Å². The van der Waals surface area contributed by atoms with Gasteiger partial charge in [-0.3, -0.25) is 4.90 Å². The molecule has 2 N–H and O–H groups in total. The van der Waals surface area contributed by atoms with Gasteiger partial charge in [-0.1, -0.05) is 48.5 Å². The maximum atomic E-state index is 12.2. The number of hydrogen-bond donors (Lipinski definition) is 2. The van der Waals surface area contributed by atoms with Crippen molar-refractivity contribution in [2.45, 2.75) is 51.1 Å². The third kappa shape index (κ3) is 4.76. The highest BCUT2D eigenvalue weighted by Crippen LogP contribution is 2.29. The lowest BCUT2D eigenvalue weighted by molar-refractivity contribution is -0.0328. The maximum absolute atomic E-state index is 12.2. The van der Waals surface area contributed by atoms with Crippen molar-refractivity contribution in [1.82, 2.24) is 9.62 Å². The number of aliphatic hydroxyl groups is 1. The average Bonchev–Trinajstić information content (AvgIpc) is 3.12. The standard InChI is InChI=1S/C23H30N2O4S/c1-2-30(27,28)24-21-10-12-25-22(21)15-17-6-5-8-18(14-17)20-9-4-3-7-19(20)16-29-13-11-23(25)26/h3-9,14,21-24,26H,2,10-13,15-16H2,1H3. The van der Waals surface area contributed by atoms with Crippen molar-refractivity contribution in [3.63, 3.8) is 0 Å². The zero-order chi connectivity index (χ0) is 21.1. The molecule has 1 saturated heterocycles. The van der Waals surface area contributed by atoms with E-state index in [1.54, 1.807) is 6.92 Å². The van der Waals surface area contributed by atoms with Gasteiger partial charge in [-0.2, -0.15) is 0 Å². The number of sulfonamides is 1. The van der Waals surface area contributed by atoms with Crippen LogP contribution in [0.3, 0.4) is 0 Å².